The minimum absolute atomic E-state index is 1.81. The molecule has 4 nitrogen and oxygen atoms in total. The van der Waals surface area contributed by atoms with Crippen molar-refractivity contribution in [2.75, 3.05) is 5.08 Å². The molecule has 11 heavy (non-hydrogen) atoms. The topological polar surface area (TPSA) is 71.4 Å². The summed E-state index contributed by atoms with van der Waals surface area (Å²) in [6.07, 6.45) is 0. The minimum Gasteiger partial charge on any atom is -0.305 e. The van der Waals surface area contributed by atoms with Gasteiger partial charge in [0.2, 0.25) is 0 Å². The molecule has 0 saturated heterocycles. The van der Waals surface area contributed by atoms with Crippen LogP contribution >= 0.6 is 0 Å². The molecule has 0 aliphatic rings. The van der Waals surface area contributed by atoms with Gasteiger partial charge < -0.3 is 4.55 Å². The molecule has 0 bridgehead atoms. The number of halogens is 3. The summed E-state index contributed by atoms with van der Waals surface area (Å²) in [5.74, 6) is 0. The Labute approximate surface area is 62.6 Å². The van der Waals surface area contributed by atoms with Crippen LogP contribution in [0.25, 0.3) is 0 Å². The van der Waals surface area contributed by atoms with Crippen LogP contribution in [0.5, 0.6) is 0 Å². The number of rotatable bonds is 2. The van der Waals surface area contributed by atoms with Crippen molar-refractivity contribution in [1.29, 1.82) is 0 Å². The Balaban J connectivity index is 4.64. The van der Waals surface area contributed by atoms with E-state index in [1.807, 2.05) is 0 Å². The van der Waals surface area contributed by atoms with E-state index in [1.54, 1.807) is 0 Å². The summed E-state index contributed by atoms with van der Waals surface area (Å²) in [7, 11) is -5.45. The molecule has 0 spiro atoms. The van der Waals surface area contributed by atoms with Crippen molar-refractivity contribution in [3.8, 4) is 0 Å². The van der Waals surface area contributed by atoms with E-state index in [1.165, 1.54) is 0 Å². The van der Waals surface area contributed by atoms with Crippen LogP contribution in [0.3, 0.4) is 0 Å². The van der Waals surface area contributed by atoms with Gasteiger partial charge in [-0.2, -0.15) is 13.2 Å². The molecule has 1 N–H and O–H groups in total. The highest BCUT2D eigenvalue weighted by molar-refractivity contribution is 8.03. The number of alkyl halides is 3. The minimum atomic E-state index is -5.45. The second-order valence-corrected chi connectivity index (χ2v) is 4.78. The van der Waals surface area contributed by atoms with Gasteiger partial charge in [0.1, 0.15) is 0 Å². The molecule has 0 aromatic rings. The fraction of sp³-hybridized carbons (Fsp3) is 1.00. The molecule has 0 aromatic carbocycles. The Morgan fingerprint density at radius 3 is 1.82 bits per heavy atom. The van der Waals surface area contributed by atoms with Crippen LogP contribution in [0.1, 0.15) is 0 Å². The quantitative estimate of drug-likeness (QED) is 0.659. The molecule has 1 unspecified atom stereocenters. The van der Waals surface area contributed by atoms with Gasteiger partial charge in [-0.25, -0.2) is 12.6 Å². The smallest absolute Gasteiger partial charge is 0.305 e. The van der Waals surface area contributed by atoms with Gasteiger partial charge in [-0.15, -0.1) is 0 Å². The van der Waals surface area contributed by atoms with E-state index in [-0.39, 0.29) is 0 Å². The summed E-state index contributed by atoms with van der Waals surface area (Å²) >= 11 is -2.99. The maximum absolute atomic E-state index is 11.4. The van der Waals surface area contributed by atoms with E-state index in [0.717, 1.165) is 0 Å². The van der Waals surface area contributed by atoms with Crippen LogP contribution in [-0.2, 0) is 20.9 Å². The highest BCUT2D eigenvalue weighted by atomic mass is 32.3. The standard InChI is InChI=1S/C2H3F3O4S2/c3-2(4,5)11(8,9)1-10(6)7/h1H2,(H,6,7). The van der Waals surface area contributed by atoms with Gasteiger partial charge in [-0.3, -0.25) is 0 Å². The molecule has 0 aliphatic heterocycles. The Bertz CT molecular complexity index is 251. The SMILES string of the molecule is O=S(O)CS(=O)(=O)C(F)(F)F. The molecule has 0 fully saturated rings. The van der Waals surface area contributed by atoms with E-state index < -0.39 is 31.5 Å². The lowest BCUT2D eigenvalue weighted by Crippen LogP contribution is -2.27. The zero-order valence-corrected chi connectivity index (χ0v) is 6.46. The Hall–Kier alpha value is -0.150. The molecule has 1 atom stereocenters. The van der Waals surface area contributed by atoms with E-state index >= 15 is 0 Å². The average Bonchev–Trinajstić information content (AvgIpc) is 1.56. The monoisotopic (exact) mass is 212 g/mol. The van der Waals surface area contributed by atoms with Crippen molar-refractivity contribution in [2.45, 2.75) is 5.51 Å². The molecule has 0 aliphatic carbocycles. The molecule has 0 saturated carbocycles. The Morgan fingerprint density at radius 1 is 1.36 bits per heavy atom. The lowest BCUT2D eigenvalue weighted by atomic mass is 11.6. The molecular formula is C2H3F3O4S2. The summed E-state index contributed by atoms with van der Waals surface area (Å²) in [6.45, 7) is 0. The van der Waals surface area contributed by atoms with E-state index in [9.17, 15) is 25.8 Å². The van der Waals surface area contributed by atoms with Gasteiger partial charge >= 0.3 is 5.51 Å². The Morgan fingerprint density at radius 2 is 1.73 bits per heavy atom. The average molecular weight is 212 g/mol. The second-order valence-electron chi connectivity index (χ2n) is 1.50. The van der Waals surface area contributed by atoms with Gasteiger partial charge in [-0.05, 0) is 0 Å². The van der Waals surface area contributed by atoms with Crippen molar-refractivity contribution >= 4 is 20.9 Å². The second kappa shape index (κ2) is 3.07. The molecule has 68 valence electrons. The third-order valence-corrected chi connectivity index (χ3v) is 3.36. The third kappa shape index (κ3) is 3.16. The fourth-order valence-electron chi connectivity index (χ4n) is 0.200. The van der Waals surface area contributed by atoms with Gasteiger partial charge in [0.25, 0.3) is 9.84 Å². The van der Waals surface area contributed by atoms with Gasteiger partial charge in [-0.1, -0.05) is 0 Å². The summed E-state index contributed by atoms with van der Waals surface area (Å²) in [5.41, 5.74) is -5.45. The van der Waals surface area contributed by atoms with Gasteiger partial charge in [0.15, 0.2) is 16.2 Å². The zero-order valence-electron chi connectivity index (χ0n) is 4.83. The summed E-state index contributed by atoms with van der Waals surface area (Å²) in [5, 5.41) is -1.81. The summed E-state index contributed by atoms with van der Waals surface area (Å²) < 4.78 is 71.6. The lowest BCUT2D eigenvalue weighted by Gasteiger charge is -2.04. The van der Waals surface area contributed by atoms with Crippen molar-refractivity contribution in [2.24, 2.45) is 0 Å². The van der Waals surface area contributed by atoms with Crippen molar-refractivity contribution in [3.63, 3.8) is 0 Å². The van der Waals surface area contributed by atoms with Crippen molar-refractivity contribution in [1.82, 2.24) is 0 Å². The van der Waals surface area contributed by atoms with E-state index in [4.69, 9.17) is 4.55 Å². The van der Waals surface area contributed by atoms with Crippen LogP contribution in [0.2, 0.25) is 0 Å². The van der Waals surface area contributed by atoms with E-state index in [0.29, 0.717) is 0 Å². The van der Waals surface area contributed by atoms with Crippen LogP contribution in [-0.4, -0.2) is 27.8 Å². The molecule has 9 heteroatoms. The molecule has 0 amide bonds. The summed E-state index contributed by atoms with van der Waals surface area (Å²) in [4.78, 5) is 0. The first-order valence-corrected chi connectivity index (χ1v) is 4.96. The third-order valence-electron chi connectivity index (χ3n) is 0.609. The van der Waals surface area contributed by atoms with Crippen LogP contribution in [0, 0.1) is 0 Å². The number of sulfone groups is 1. The number of hydrogen-bond acceptors (Lipinski definition) is 3. The van der Waals surface area contributed by atoms with Crippen molar-refractivity contribution in [3.05, 3.63) is 0 Å². The highest BCUT2D eigenvalue weighted by Crippen LogP contribution is 2.23. The molecule has 0 rings (SSSR count). The molecule has 0 heterocycles. The van der Waals surface area contributed by atoms with Crippen molar-refractivity contribution < 1.29 is 30.4 Å². The first-order valence-electron chi connectivity index (χ1n) is 2.03. The lowest BCUT2D eigenvalue weighted by molar-refractivity contribution is -0.0431. The largest absolute Gasteiger partial charge is 0.498 e. The maximum atomic E-state index is 11.4. The van der Waals surface area contributed by atoms with Crippen LogP contribution in [0.4, 0.5) is 13.2 Å². The molecular weight excluding hydrogens is 209 g/mol. The molecule has 0 aromatic heterocycles. The maximum Gasteiger partial charge on any atom is 0.498 e. The normalized spacial score (nSPS) is 16.4. The Kier molecular flexibility index (Phi) is 3.03. The summed E-state index contributed by atoms with van der Waals surface area (Å²) in [6, 6.07) is 0. The van der Waals surface area contributed by atoms with Gasteiger partial charge in [0.05, 0.1) is 0 Å². The first kappa shape index (κ1) is 10.8. The van der Waals surface area contributed by atoms with Crippen LogP contribution in [0.15, 0.2) is 0 Å². The van der Waals surface area contributed by atoms with E-state index in [2.05, 4.69) is 0 Å². The predicted molar refractivity (Wildman–Crippen MR) is 30.6 cm³/mol. The fourth-order valence-corrected chi connectivity index (χ4v) is 1.80. The zero-order chi connectivity index (χ0) is 9.28. The predicted octanol–water partition coefficient (Wildman–Crippen LogP) is 0.100. The number of hydrogen-bond donors (Lipinski definition) is 1. The van der Waals surface area contributed by atoms with Gasteiger partial charge in [0, 0.05) is 0 Å². The first-order chi connectivity index (χ1) is 4.67. The highest BCUT2D eigenvalue weighted by Gasteiger charge is 2.46. The van der Waals surface area contributed by atoms with Crippen LogP contribution < -0.4 is 0 Å². The molecule has 0 radical (unpaired) electrons.